The fourth-order valence-corrected chi connectivity index (χ4v) is 2.86. The largest absolute Gasteiger partial charge is 0.388 e. The minimum atomic E-state index is -0.988. The molecule has 23 heavy (non-hydrogen) atoms. The van der Waals surface area contributed by atoms with Crippen LogP contribution < -0.4 is 5.32 Å². The Morgan fingerprint density at radius 2 is 1.91 bits per heavy atom. The highest BCUT2D eigenvalue weighted by atomic mass is 19.1. The van der Waals surface area contributed by atoms with E-state index in [9.17, 15) is 14.3 Å². The topological polar surface area (TPSA) is 49.3 Å². The van der Waals surface area contributed by atoms with Crippen molar-refractivity contribution in [2.75, 3.05) is 6.54 Å². The zero-order chi connectivity index (χ0) is 16.3. The van der Waals surface area contributed by atoms with Gasteiger partial charge in [0.25, 0.3) is 0 Å². The molecule has 2 N–H and O–H groups in total. The summed E-state index contributed by atoms with van der Waals surface area (Å²) in [6.07, 6.45) is 1.07. The highest BCUT2D eigenvalue weighted by Crippen LogP contribution is 2.47. The van der Waals surface area contributed by atoms with Crippen molar-refractivity contribution < 1.29 is 14.3 Å². The molecule has 0 bridgehead atoms. The van der Waals surface area contributed by atoms with E-state index in [-0.39, 0.29) is 17.7 Å². The maximum absolute atomic E-state index is 13.2. The summed E-state index contributed by atoms with van der Waals surface area (Å²) in [7, 11) is 0. The number of aliphatic hydroxyl groups is 1. The van der Waals surface area contributed by atoms with Gasteiger partial charge in [-0.05, 0) is 36.1 Å². The quantitative estimate of drug-likeness (QED) is 0.861. The zero-order valence-corrected chi connectivity index (χ0v) is 12.8. The van der Waals surface area contributed by atoms with Crippen LogP contribution in [0.3, 0.4) is 0 Å². The van der Waals surface area contributed by atoms with Crippen LogP contribution in [0.25, 0.3) is 0 Å². The predicted molar refractivity (Wildman–Crippen MR) is 86.3 cm³/mol. The molecule has 3 rings (SSSR count). The Bertz CT molecular complexity index is 683. The van der Waals surface area contributed by atoms with E-state index in [0.29, 0.717) is 12.1 Å². The third kappa shape index (κ3) is 3.77. The molecule has 1 saturated carbocycles. The van der Waals surface area contributed by atoms with Crippen molar-refractivity contribution in [2.24, 2.45) is 0 Å². The van der Waals surface area contributed by atoms with Crippen molar-refractivity contribution in [3.63, 3.8) is 0 Å². The number of carbonyl (C=O) groups is 1. The lowest BCUT2D eigenvalue weighted by molar-refractivity contribution is -0.123. The van der Waals surface area contributed by atoms with Crippen molar-refractivity contribution >= 4 is 5.91 Å². The number of amides is 1. The molecule has 1 amide bonds. The molecule has 0 radical (unpaired) electrons. The van der Waals surface area contributed by atoms with Gasteiger partial charge in [0.1, 0.15) is 5.82 Å². The summed E-state index contributed by atoms with van der Waals surface area (Å²) in [6.45, 7) is 0.575. The average molecular weight is 313 g/mol. The van der Waals surface area contributed by atoms with Crippen molar-refractivity contribution in [2.45, 2.75) is 30.8 Å². The van der Waals surface area contributed by atoms with Crippen LogP contribution in [0.4, 0.5) is 4.39 Å². The van der Waals surface area contributed by atoms with Gasteiger partial charge >= 0.3 is 0 Å². The van der Waals surface area contributed by atoms with Crippen LogP contribution in [0.1, 0.15) is 36.5 Å². The second-order valence-electron chi connectivity index (χ2n) is 6.20. The van der Waals surface area contributed by atoms with E-state index in [4.69, 9.17) is 0 Å². The Hall–Kier alpha value is -2.20. The van der Waals surface area contributed by atoms with Crippen molar-refractivity contribution in [3.05, 3.63) is 71.5 Å². The van der Waals surface area contributed by atoms with Gasteiger partial charge in [-0.3, -0.25) is 4.79 Å². The van der Waals surface area contributed by atoms with Crippen molar-refractivity contribution in [1.29, 1.82) is 0 Å². The summed E-state index contributed by atoms with van der Waals surface area (Å²) in [5, 5.41) is 13.0. The SMILES string of the molecule is O=C(CC(O)c1cccc(F)c1)NCC1(c2ccccc2)CC1. The molecule has 0 heterocycles. The first-order valence-corrected chi connectivity index (χ1v) is 7.85. The van der Waals surface area contributed by atoms with E-state index < -0.39 is 11.9 Å². The monoisotopic (exact) mass is 313 g/mol. The predicted octanol–water partition coefficient (Wildman–Crippen LogP) is 3.10. The zero-order valence-electron chi connectivity index (χ0n) is 12.8. The minimum absolute atomic E-state index is 0.0424. The van der Waals surface area contributed by atoms with Crippen LogP contribution in [0, 0.1) is 5.82 Å². The molecule has 0 aromatic heterocycles. The highest BCUT2D eigenvalue weighted by Gasteiger charge is 2.44. The van der Waals surface area contributed by atoms with Gasteiger partial charge < -0.3 is 10.4 Å². The number of rotatable bonds is 6. The third-order valence-electron chi connectivity index (χ3n) is 4.48. The Labute approximate surface area is 135 Å². The fraction of sp³-hybridized carbons (Fsp3) is 0.316. The van der Waals surface area contributed by atoms with Gasteiger partial charge in [-0.2, -0.15) is 0 Å². The molecule has 4 heteroatoms. The molecule has 1 unspecified atom stereocenters. The van der Waals surface area contributed by atoms with Crippen LogP contribution in [0.5, 0.6) is 0 Å². The number of benzene rings is 2. The molecular weight excluding hydrogens is 293 g/mol. The van der Waals surface area contributed by atoms with Gasteiger partial charge in [-0.1, -0.05) is 42.5 Å². The molecule has 3 nitrogen and oxygen atoms in total. The lowest BCUT2D eigenvalue weighted by Gasteiger charge is -2.17. The fourth-order valence-electron chi connectivity index (χ4n) is 2.86. The number of carbonyl (C=O) groups excluding carboxylic acids is 1. The average Bonchev–Trinajstić information content (AvgIpc) is 3.35. The van der Waals surface area contributed by atoms with E-state index in [1.54, 1.807) is 6.07 Å². The Morgan fingerprint density at radius 3 is 2.57 bits per heavy atom. The summed E-state index contributed by atoms with van der Waals surface area (Å²) in [6, 6.07) is 15.9. The number of nitrogens with one attached hydrogen (secondary N) is 1. The first kappa shape index (κ1) is 15.7. The summed E-state index contributed by atoms with van der Waals surface area (Å²) >= 11 is 0. The number of hydrogen-bond donors (Lipinski definition) is 2. The van der Waals surface area contributed by atoms with Crippen LogP contribution in [0.2, 0.25) is 0 Å². The van der Waals surface area contributed by atoms with Crippen LogP contribution >= 0.6 is 0 Å². The molecule has 0 aliphatic heterocycles. The van der Waals surface area contributed by atoms with E-state index in [0.717, 1.165) is 12.8 Å². The minimum Gasteiger partial charge on any atom is -0.388 e. The van der Waals surface area contributed by atoms with E-state index in [2.05, 4.69) is 17.4 Å². The molecular formula is C19H20FNO2. The van der Waals surface area contributed by atoms with E-state index in [1.165, 1.54) is 23.8 Å². The summed E-state index contributed by atoms with van der Waals surface area (Å²) in [5.41, 5.74) is 1.70. The lowest BCUT2D eigenvalue weighted by Crippen LogP contribution is -2.33. The summed E-state index contributed by atoms with van der Waals surface area (Å²) in [5.74, 6) is -0.632. The summed E-state index contributed by atoms with van der Waals surface area (Å²) < 4.78 is 13.2. The summed E-state index contributed by atoms with van der Waals surface area (Å²) in [4.78, 5) is 12.1. The van der Waals surface area contributed by atoms with Gasteiger partial charge in [0.15, 0.2) is 0 Å². The third-order valence-corrected chi connectivity index (χ3v) is 4.48. The smallest absolute Gasteiger partial charge is 0.222 e. The Morgan fingerprint density at radius 1 is 1.17 bits per heavy atom. The van der Waals surface area contributed by atoms with Gasteiger partial charge in [0, 0.05) is 12.0 Å². The molecule has 0 saturated heterocycles. The lowest BCUT2D eigenvalue weighted by atomic mass is 9.96. The molecule has 2 aromatic carbocycles. The molecule has 1 aliphatic rings. The van der Waals surface area contributed by atoms with E-state index >= 15 is 0 Å². The number of hydrogen-bond acceptors (Lipinski definition) is 2. The van der Waals surface area contributed by atoms with Crippen LogP contribution in [-0.2, 0) is 10.2 Å². The second kappa shape index (κ2) is 6.50. The van der Waals surface area contributed by atoms with Gasteiger partial charge in [-0.15, -0.1) is 0 Å². The van der Waals surface area contributed by atoms with Crippen molar-refractivity contribution in [1.82, 2.24) is 5.32 Å². The molecule has 1 atom stereocenters. The Balaban J connectivity index is 1.54. The standard InChI is InChI=1S/C19H20FNO2/c20-16-8-4-5-14(11-16)17(22)12-18(23)21-13-19(9-10-19)15-6-2-1-3-7-15/h1-8,11,17,22H,9-10,12-13H2,(H,21,23). The van der Waals surface area contributed by atoms with Gasteiger partial charge in [0.05, 0.1) is 12.5 Å². The van der Waals surface area contributed by atoms with Gasteiger partial charge in [0.2, 0.25) is 5.91 Å². The first-order chi connectivity index (χ1) is 11.1. The maximum atomic E-state index is 13.2. The second-order valence-corrected chi connectivity index (χ2v) is 6.20. The van der Waals surface area contributed by atoms with Gasteiger partial charge in [-0.25, -0.2) is 4.39 Å². The maximum Gasteiger partial charge on any atom is 0.222 e. The number of halogens is 1. The van der Waals surface area contributed by atoms with Crippen LogP contribution in [0.15, 0.2) is 54.6 Å². The highest BCUT2D eigenvalue weighted by molar-refractivity contribution is 5.76. The van der Waals surface area contributed by atoms with Crippen molar-refractivity contribution in [3.8, 4) is 0 Å². The number of aliphatic hydroxyl groups excluding tert-OH is 1. The molecule has 2 aromatic rings. The normalized spacial score (nSPS) is 16.6. The molecule has 0 spiro atoms. The van der Waals surface area contributed by atoms with Crippen LogP contribution in [-0.4, -0.2) is 17.6 Å². The molecule has 1 fully saturated rings. The Kier molecular flexibility index (Phi) is 4.44. The first-order valence-electron chi connectivity index (χ1n) is 7.85. The molecule has 120 valence electrons. The molecule has 1 aliphatic carbocycles. The van der Waals surface area contributed by atoms with E-state index in [1.807, 2.05) is 18.2 Å².